The summed E-state index contributed by atoms with van der Waals surface area (Å²) in [6.07, 6.45) is 0.534. The van der Waals surface area contributed by atoms with Gasteiger partial charge in [0.2, 0.25) is 0 Å². The van der Waals surface area contributed by atoms with E-state index in [1.165, 1.54) is 11.1 Å². The van der Waals surface area contributed by atoms with Gasteiger partial charge in [-0.3, -0.25) is 5.32 Å². The van der Waals surface area contributed by atoms with Crippen LogP contribution in [0.4, 0.5) is 16.2 Å². The average Bonchev–Trinajstić information content (AvgIpc) is 3.12. The zero-order valence-electron chi connectivity index (χ0n) is 16.3. The molecule has 0 aromatic heterocycles. The standard InChI is InChI=1S/C22H26N2O3/c1-14(2)15-5-7-16(8-6-15)23-21(25)27-17-9-10-19-18(13-17)22(3)11-12-26-20(22)24(19)4/h5-10,13-14,20H,11-12H2,1-4H3,(H,23,25)/t20-,22-/m0/s1. The Bertz CT molecular complexity index is 862. The van der Waals surface area contributed by atoms with Crippen LogP contribution in [0.25, 0.3) is 0 Å². The predicted molar refractivity (Wildman–Crippen MR) is 107 cm³/mol. The molecule has 4 rings (SSSR count). The number of ether oxygens (including phenoxy) is 2. The van der Waals surface area contributed by atoms with E-state index in [0.29, 0.717) is 11.7 Å². The molecule has 2 aromatic rings. The lowest BCUT2D eigenvalue weighted by Crippen LogP contribution is -2.37. The second-order valence-electron chi connectivity index (χ2n) is 7.97. The van der Waals surface area contributed by atoms with Crippen LogP contribution in [0.3, 0.4) is 0 Å². The number of amides is 1. The molecule has 1 amide bonds. The molecule has 0 aliphatic carbocycles. The zero-order chi connectivity index (χ0) is 19.2. The topological polar surface area (TPSA) is 50.8 Å². The van der Waals surface area contributed by atoms with Gasteiger partial charge in [-0.25, -0.2) is 4.79 Å². The van der Waals surface area contributed by atoms with Gasteiger partial charge in [0.05, 0.1) is 6.61 Å². The maximum Gasteiger partial charge on any atom is 0.417 e. The molecule has 5 nitrogen and oxygen atoms in total. The number of carbonyl (C=O) groups is 1. The van der Waals surface area contributed by atoms with Crippen LogP contribution in [-0.4, -0.2) is 26.0 Å². The third-order valence-corrected chi connectivity index (χ3v) is 5.79. The summed E-state index contributed by atoms with van der Waals surface area (Å²) in [6, 6.07) is 13.6. The molecular formula is C22H26N2O3. The fourth-order valence-corrected chi connectivity index (χ4v) is 4.17. The number of hydrogen-bond donors (Lipinski definition) is 1. The first-order chi connectivity index (χ1) is 12.9. The first-order valence-corrected chi connectivity index (χ1v) is 9.46. The number of benzene rings is 2. The summed E-state index contributed by atoms with van der Waals surface area (Å²) < 4.78 is 11.4. The Balaban J connectivity index is 1.48. The van der Waals surface area contributed by atoms with Crippen molar-refractivity contribution < 1.29 is 14.3 Å². The Hall–Kier alpha value is -2.53. The summed E-state index contributed by atoms with van der Waals surface area (Å²) in [6.45, 7) is 7.25. The number of carbonyl (C=O) groups excluding carboxylic acids is 1. The SMILES string of the molecule is CC(C)c1ccc(NC(=O)Oc2ccc3c(c2)[C@]2(C)CCO[C@@H]2N3C)cc1. The lowest BCUT2D eigenvalue weighted by atomic mass is 9.82. The van der Waals surface area contributed by atoms with E-state index in [0.717, 1.165) is 24.4 Å². The minimum atomic E-state index is -0.483. The highest BCUT2D eigenvalue weighted by atomic mass is 16.6. The molecule has 27 heavy (non-hydrogen) atoms. The van der Waals surface area contributed by atoms with Crippen molar-refractivity contribution in [3.8, 4) is 5.75 Å². The largest absolute Gasteiger partial charge is 0.417 e. The van der Waals surface area contributed by atoms with E-state index in [9.17, 15) is 4.79 Å². The van der Waals surface area contributed by atoms with Gasteiger partial charge in [-0.05, 0) is 53.8 Å². The fraction of sp³-hybridized carbons (Fsp3) is 0.409. The van der Waals surface area contributed by atoms with Crippen molar-refractivity contribution in [2.24, 2.45) is 0 Å². The Morgan fingerprint density at radius 3 is 2.70 bits per heavy atom. The van der Waals surface area contributed by atoms with E-state index in [1.54, 1.807) is 0 Å². The van der Waals surface area contributed by atoms with Gasteiger partial charge >= 0.3 is 6.09 Å². The third-order valence-electron chi connectivity index (χ3n) is 5.79. The van der Waals surface area contributed by atoms with Crippen molar-refractivity contribution in [2.75, 3.05) is 23.9 Å². The molecule has 0 bridgehead atoms. The number of likely N-dealkylation sites (N-methyl/N-ethyl adjacent to an activating group) is 1. The number of rotatable bonds is 3. The van der Waals surface area contributed by atoms with E-state index in [2.05, 4.69) is 31.0 Å². The second kappa shape index (κ2) is 6.57. The van der Waals surface area contributed by atoms with Crippen LogP contribution >= 0.6 is 0 Å². The van der Waals surface area contributed by atoms with Gasteiger partial charge in [-0.1, -0.05) is 32.9 Å². The first-order valence-electron chi connectivity index (χ1n) is 9.46. The van der Waals surface area contributed by atoms with Crippen LogP contribution in [0.2, 0.25) is 0 Å². The lowest BCUT2D eigenvalue weighted by Gasteiger charge is -2.26. The maximum atomic E-state index is 12.3. The van der Waals surface area contributed by atoms with Crippen LogP contribution in [0.5, 0.6) is 5.75 Å². The molecule has 2 aromatic carbocycles. The first kappa shape index (κ1) is 17.9. The average molecular weight is 366 g/mol. The highest BCUT2D eigenvalue weighted by Crippen LogP contribution is 2.51. The number of anilines is 2. The van der Waals surface area contributed by atoms with Crippen LogP contribution in [0.15, 0.2) is 42.5 Å². The van der Waals surface area contributed by atoms with E-state index in [4.69, 9.17) is 9.47 Å². The molecule has 0 radical (unpaired) electrons. The second-order valence-corrected chi connectivity index (χ2v) is 7.97. The molecule has 0 unspecified atom stereocenters. The monoisotopic (exact) mass is 366 g/mol. The molecule has 5 heteroatoms. The minimum Gasteiger partial charge on any atom is -0.410 e. The van der Waals surface area contributed by atoms with E-state index >= 15 is 0 Å². The van der Waals surface area contributed by atoms with Crippen LogP contribution in [-0.2, 0) is 10.2 Å². The zero-order valence-corrected chi connectivity index (χ0v) is 16.3. The van der Waals surface area contributed by atoms with Crippen molar-refractivity contribution in [1.82, 2.24) is 0 Å². The van der Waals surface area contributed by atoms with Crippen LogP contribution < -0.4 is 15.0 Å². The van der Waals surface area contributed by atoms with E-state index in [1.807, 2.05) is 49.5 Å². The van der Waals surface area contributed by atoms with Crippen molar-refractivity contribution in [3.63, 3.8) is 0 Å². The molecule has 0 saturated carbocycles. The molecule has 2 aliphatic heterocycles. The van der Waals surface area contributed by atoms with E-state index in [-0.39, 0.29) is 11.6 Å². The number of fused-ring (bicyclic) bond motifs is 3. The van der Waals surface area contributed by atoms with E-state index < -0.39 is 6.09 Å². The molecule has 0 spiro atoms. The summed E-state index contributed by atoms with van der Waals surface area (Å²) in [5.74, 6) is 1.01. The Kier molecular flexibility index (Phi) is 4.35. The molecular weight excluding hydrogens is 340 g/mol. The highest BCUT2D eigenvalue weighted by Gasteiger charge is 2.50. The van der Waals surface area contributed by atoms with Gasteiger partial charge in [0.1, 0.15) is 12.0 Å². The smallest absolute Gasteiger partial charge is 0.410 e. The summed E-state index contributed by atoms with van der Waals surface area (Å²) in [4.78, 5) is 14.5. The molecule has 1 saturated heterocycles. The lowest BCUT2D eigenvalue weighted by molar-refractivity contribution is 0.0920. The molecule has 2 aliphatic rings. The van der Waals surface area contributed by atoms with Gasteiger partial charge in [-0.2, -0.15) is 0 Å². The third kappa shape index (κ3) is 3.06. The normalized spacial score (nSPS) is 23.3. The number of nitrogens with zero attached hydrogens (tertiary/aromatic N) is 1. The maximum absolute atomic E-state index is 12.3. The minimum absolute atomic E-state index is 0.0519. The highest BCUT2D eigenvalue weighted by molar-refractivity contribution is 5.86. The molecule has 142 valence electrons. The quantitative estimate of drug-likeness (QED) is 0.841. The van der Waals surface area contributed by atoms with Crippen LogP contribution in [0, 0.1) is 0 Å². The number of hydrogen-bond acceptors (Lipinski definition) is 4. The van der Waals surface area contributed by atoms with Crippen molar-refractivity contribution in [1.29, 1.82) is 0 Å². The van der Waals surface area contributed by atoms with Gasteiger partial charge < -0.3 is 14.4 Å². The summed E-state index contributed by atoms with van der Waals surface area (Å²) in [7, 11) is 2.05. The van der Waals surface area contributed by atoms with Crippen molar-refractivity contribution in [2.45, 2.75) is 44.8 Å². The van der Waals surface area contributed by atoms with Crippen molar-refractivity contribution in [3.05, 3.63) is 53.6 Å². The van der Waals surface area contributed by atoms with Gasteiger partial charge in [0.25, 0.3) is 0 Å². The summed E-state index contributed by atoms with van der Waals surface area (Å²) in [5, 5.41) is 2.79. The fourth-order valence-electron chi connectivity index (χ4n) is 4.17. The molecule has 1 N–H and O–H groups in total. The Morgan fingerprint density at radius 1 is 1.26 bits per heavy atom. The molecule has 2 heterocycles. The van der Waals surface area contributed by atoms with Gasteiger partial charge in [0.15, 0.2) is 0 Å². The van der Waals surface area contributed by atoms with Gasteiger partial charge in [-0.15, -0.1) is 0 Å². The van der Waals surface area contributed by atoms with Crippen molar-refractivity contribution >= 4 is 17.5 Å². The van der Waals surface area contributed by atoms with Crippen LogP contribution in [0.1, 0.15) is 44.2 Å². The summed E-state index contributed by atoms with van der Waals surface area (Å²) >= 11 is 0. The predicted octanol–water partition coefficient (Wildman–Crippen LogP) is 4.87. The molecule has 2 atom stereocenters. The summed E-state index contributed by atoms with van der Waals surface area (Å²) in [5.41, 5.74) is 4.21. The Morgan fingerprint density at radius 2 is 2.00 bits per heavy atom. The van der Waals surface area contributed by atoms with Gasteiger partial charge in [0, 0.05) is 23.8 Å². The molecule has 1 fully saturated rings. The number of nitrogens with one attached hydrogen (secondary N) is 1. The Labute approximate surface area is 160 Å².